The molecule has 0 saturated carbocycles. The van der Waals surface area contributed by atoms with E-state index >= 15 is 0 Å². The molecule has 1 unspecified atom stereocenters. The molecule has 1 aliphatic rings. The van der Waals surface area contributed by atoms with Crippen molar-refractivity contribution in [1.82, 2.24) is 19.8 Å². The first-order chi connectivity index (χ1) is 12.0. The van der Waals surface area contributed by atoms with E-state index in [1.165, 1.54) is 13.4 Å². The number of benzene rings is 1. The molecule has 132 valence electrons. The van der Waals surface area contributed by atoms with Gasteiger partial charge < -0.3 is 20.5 Å². The number of rotatable bonds is 4. The van der Waals surface area contributed by atoms with Crippen LogP contribution in [0.1, 0.15) is 5.56 Å². The quantitative estimate of drug-likeness (QED) is 0.829. The van der Waals surface area contributed by atoms with Gasteiger partial charge in [-0.15, -0.1) is 0 Å². The fourth-order valence-corrected chi connectivity index (χ4v) is 2.93. The van der Waals surface area contributed by atoms with Crippen LogP contribution in [0.4, 0.5) is 10.6 Å². The minimum atomic E-state index is -1.09. The predicted octanol–water partition coefficient (Wildman–Crippen LogP) is 0.549. The zero-order valence-corrected chi connectivity index (χ0v) is 13.8. The van der Waals surface area contributed by atoms with Gasteiger partial charge in [0.15, 0.2) is 0 Å². The summed E-state index contributed by atoms with van der Waals surface area (Å²) in [5.41, 5.74) is 7.48. The van der Waals surface area contributed by atoms with Gasteiger partial charge in [0.1, 0.15) is 24.9 Å². The maximum atomic E-state index is 12.3. The number of amides is 2. The summed E-state index contributed by atoms with van der Waals surface area (Å²) in [4.78, 5) is 34.1. The summed E-state index contributed by atoms with van der Waals surface area (Å²) < 4.78 is 5.48. The highest BCUT2D eigenvalue weighted by atomic mass is 16.5. The van der Waals surface area contributed by atoms with E-state index in [0.29, 0.717) is 18.8 Å². The maximum Gasteiger partial charge on any atom is 0.407 e. The van der Waals surface area contributed by atoms with E-state index in [1.54, 1.807) is 4.90 Å². The molecular formula is C16H19N5O4. The van der Waals surface area contributed by atoms with Gasteiger partial charge in [-0.2, -0.15) is 0 Å². The van der Waals surface area contributed by atoms with Crippen molar-refractivity contribution < 1.29 is 19.4 Å². The molecule has 3 rings (SSSR count). The second-order valence-corrected chi connectivity index (χ2v) is 5.80. The van der Waals surface area contributed by atoms with Crippen LogP contribution in [0.15, 0.2) is 24.5 Å². The minimum Gasteiger partial charge on any atom is -0.465 e. The van der Waals surface area contributed by atoms with Gasteiger partial charge in [-0.1, -0.05) is 6.07 Å². The molecular weight excluding hydrogens is 326 g/mol. The Labute approximate surface area is 144 Å². The Morgan fingerprint density at radius 1 is 1.40 bits per heavy atom. The Kier molecular flexibility index (Phi) is 4.66. The zero-order valence-electron chi connectivity index (χ0n) is 13.8. The lowest BCUT2D eigenvalue weighted by molar-refractivity contribution is -0.149. The molecule has 1 saturated heterocycles. The molecule has 2 heterocycles. The number of ether oxygens (including phenoxy) is 1. The number of fused-ring (bicyclic) bond motifs is 1. The Hall–Kier alpha value is -2.94. The van der Waals surface area contributed by atoms with Crippen LogP contribution in [-0.4, -0.2) is 69.8 Å². The number of nitrogens with zero attached hydrogens (tertiary/aromatic N) is 4. The van der Waals surface area contributed by atoms with Crippen molar-refractivity contribution in [1.29, 1.82) is 0 Å². The summed E-state index contributed by atoms with van der Waals surface area (Å²) >= 11 is 0. The molecule has 25 heavy (non-hydrogen) atoms. The third kappa shape index (κ3) is 3.45. The number of carboxylic acid groups (broad SMARTS) is 1. The monoisotopic (exact) mass is 345 g/mol. The third-order valence-corrected chi connectivity index (χ3v) is 4.29. The van der Waals surface area contributed by atoms with E-state index in [2.05, 4.69) is 9.97 Å². The SMILES string of the molecule is COC(Cc1ccc2c(N)ncnc2c1)N1CCN(C(=O)O)CC1=O. The molecule has 1 aromatic heterocycles. The molecule has 1 atom stereocenters. The molecule has 0 spiro atoms. The average molecular weight is 345 g/mol. The molecule has 0 radical (unpaired) electrons. The van der Waals surface area contributed by atoms with E-state index in [0.717, 1.165) is 21.4 Å². The summed E-state index contributed by atoms with van der Waals surface area (Å²) in [5, 5.41) is 9.77. The van der Waals surface area contributed by atoms with Crippen molar-refractivity contribution in [2.45, 2.75) is 12.6 Å². The van der Waals surface area contributed by atoms with Crippen molar-refractivity contribution >= 4 is 28.7 Å². The van der Waals surface area contributed by atoms with Crippen LogP contribution in [0.2, 0.25) is 0 Å². The Morgan fingerprint density at radius 2 is 2.20 bits per heavy atom. The second kappa shape index (κ2) is 6.89. The maximum absolute atomic E-state index is 12.3. The largest absolute Gasteiger partial charge is 0.465 e. The summed E-state index contributed by atoms with van der Waals surface area (Å²) in [5.74, 6) is 0.146. The second-order valence-electron chi connectivity index (χ2n) is 5.80. The van der Waals surface area contributed by atoms with Crippen LogP contribution in [0.3, 0.4) is 0 Å². The lowest BCUT2D eigenvalue weighted by Crippen LogP contribution is -2.56. The highest BCUT2D eigenvalue weighted by Gasteiger charge is 2.31. The Balaban J connectivity index is 1.76. The number of hydrogen-bond donors (Lipinski definition) is 2. The Morgan fingerprint density at radius 3 is 2.88 bits per heavy atom. The van der Waals surface area contributed by atoms with E-state index in [4.69, 9.17) is 15.6 Å². The first-order valence-corrected chi connectivity index (χ1v) is 7.79. The van der Waals surface area contributed by atoms with Crippen LogP contribution in [0.25, 0.3) is 10.9 Å². The molecule has 0 aliphatic carbocycles. The molecule has 2 aromatic rings. The smallest absolute Gasteiger partial charge is 0.407 e. The van der Waals surface area contributed by atoms with Crippen molar-refractivity contribution in [2.24, 2.45) is 0 Å². The van der Waals surface area contributed by atoms with E-state index in [9.17, 15) is 9.59 Å². The number of aromatic nitrogens is 2. The fourth-order valence-electron chi connectivity index (χ4n) is 2.93. The van der Waals surface area contributed by atoms with Gasteiger partial charge in [0.25, 0.3) is 0 Å². The normalized spacial score (nSPS) is 16.3. The molecule has 9 heteroatoms. The molecule has 0 bridgehead atoms. The average Bonchev–Trinajstić information content (AvgIpc) is 2.60. The number of piperazine rings is 1. The third-order valence-electron chi connectivity index (χ3n) is 4.29. The first-order valence-electron chi connectivity index (χ1n) is 7.79. The number of methoxy groups -OCH3 is 1. The number of nitrogen functional groups attached to an aromatic ring is 1. The molecule has 9 nitrogen and oxygen atoms in total. The van der Waals surface area contributed by atoms with Gasteiger partial charge >= 0.3 is 6.09 Å². The molecule has 1 fully saturated rings. The van der Waals surface area contributed by atoms with E-state index in [-0.39, 0.29) is 19.0 Å². The van der Waals surface area contributed by atoms with E-state index in [1.807, 2.05) is 18.2 Å². The van der Waals surface area contributed by atoms with Crippen LogP contribution < -0.4 is 5.73 Å². The highest BCUT2D eigenvalue weighted by Crippen LogP contribution is 2.20. The lowest BCUT2D eigenvalue weighted by atomic mass is 10.1. The van der Waals surface area contributed by atoms with Gasteiger partial charge in [-0.05, 0) is 17.7 Å². The van der Waals surface area contributed by atoms with Crippen LogP contribution in [-0.2, 0) is 16.0 Å². The number of anilines is 1. The number of carbonyl (C=O) groups excluding carboxylic acids is 1. The van der Waals surface area contributed by atoms with Gasteiger partial charge in [-0.3, -0.25) is 9.69 Å². The number of nitrogens with two attached hydrogens (primary N) is 1. The summed E-state index contributed by atoms with van der Waals surface area (Å²) in [6.45, 7) is 0.408. The van der Waals surface area contributed by atoms with Crippen molar-refractivity contribution in [3.63, 3.8) is 0 Å². The molecule has 3 N–H and O–H groups in total. The lowest BCUT2D eigenvalue weighted by Gasteiger charge is -2.37. The topological polar surface area (TPSA) is 122 Å². The zero-order chi connectivity index (χ0) is 18.0. The predicted molar refractivity (Wildman–Crippen MR) is 89.8 cm³/mol. The van der Waals surface area contributed by atoms with Crippen LogP contribution in [0.5, 0.6) is 0 Å². The minimum absolute atomic E-state index is 0.156. The Bertz CT molecular complexity index is 812. The van der Waals surface area contributed by atoms with Crippen LogP contribution in [0, 0.1) is 0 Å². The van der Waals surface area contributed by atoms with Gasteiger partial charge in [-0.25, -0.2) is 14.8 Å². The molecule has 1 aliphatic heterocycles. The van der Waals surface area contributed by atoms with E-state index < -0.39 is 12.3 Å². The summed E-state index contributed by atoms with van der Waals surface area (Å²) in [6.07, 6.45) is 0.313. The number of hydrogen-bond acceptors (Lipinski definition) is 6. The standard InChI is InChI=1S/C16H19N5O4/c1-25-14(21-5-4-20(16(23)24)8-13(21)22)7-10-2-3-11-12(6-10)18-9-19-15(11)17/h2-3,6,9,14H,4-5,7-8H2,1H3,(H,23,24)(H2,17,18,19). The molecule has 2 amide bonds. The fraction of sp³-hybridized carbons (Fsp3) is 0.375. The molecule has 1 aromatic carbocycles. The highest BCUT2D eigenvalue weighted by molar-refractivity contribution is 5.88. The summed E-state index contributed by atoms with van der Waals surface area (Å²) in [6, 6.07) is 5.63. The summed E-state index contributed by atoms with van der Waals surface area (Å²) in [7, 11) is 1.53. The van der Waals surface area contributed by atoms with Gasteiger partial charge in [0, 0.05) is 32.0 Å². The van der Waals surface area contributed by atoms with Gasteiger partial charge in [0.2, 0.25) is 5.91 Å². The van der Waals surface area contributed by atoms with Crippen molar-refractivity contribution in [2.75, 3.05) is 32.5 Å². The number of carbonyl (C=O) groups is 2. The first kappa shape index (κ1) is 16.9. The van der Waals surface area contributed by atoms with Crippen molar-refractivity contribution in [3.8, 4) is 0 Å². The van der Waals surface area contributed by atoms with Crippen molar-refractivity contribution in [3.05, 3.63) is 30.1 Å². The van der Waals surface area contributed by atoms with Gasteiger partial charge in [0.05, 0.1) is 5.52 Å². The van der Waals surface area contributed by atoms with Crippen LogP contribution >= 0.6 is 0 Å².